The highest BCUT2D eigenvalue weighted by atomic mass is 79.9. The summed E-state index contributed by atoms with van der Waals surface area (Å²) in [5.41, 5.74) is 1.53. The minimum atomic E-state index is 0.529. The quantitative estimate of drug-likeness (QED) is 0.804. The number of thiophene rings is 1. The van der Waals surface area contributed by atoms with Crippen LogP contribution in [-0.2, 0) is 6.42 Å². The zero-order valence-electron chi connectivity index (χ0n) is 11.4. The summed E-state index contributed by atoms with van der Waals surface area (Å²) in [6.45, 7) is 3.23. The van der Waals surface area contributed by atoms with E-state index in [-0.39, 0.29) is 0 Å². The Labute approximate surface area is 137 Å². The molecule has 1 N–H and O–H groups in total. The van der Waals surface area contributed by atoms with Crippen molar-refractivity contribution < 1.29 is 0 Å². The SMILES string of the molecule is CCNC(Cc1ccc(Br)s1)C1CSc2ccccc21. The lowest BCUT2D eigenvalue weighted by molar-refractivity contribution is 0.465. The molecular formula is C16H18BrNS2. The van der Waals surface area contributed by atoms with E-state index >= 15 is 0 Å². The average Bonchev–Trinajstić information content (AvgIpc) is 3.04. The number of rotatable bonds is 5. The van der Waals surface area contributed by atoms with Crippen LogP contribution in [0, 0.1) is 0 Å². The second-order valence-electron chi connectivity index (χ2n) is 5.03. The molecule has 2 atom stereocenters. The Kier molecular flexibility index (Phi) is 4.87. The minimum absolute atomic E-state index is 0.529. The molecule has 0 saturated carbocycles. The molecule has 0 aliphatic carbocycles. The molecular weight excluding hydrogens is 350 g/mol. The van der Waals surface area contributed by atoms with Gasteiger partial charge >= 0.3 is 0 Å². The molecule has 2 unspecified atom stereocenters. The molecule has 0 bridgehead atoms. The van der Waals surface area contributed by atoms with Gasteiger partial charge in [0, 0.05) is 27.5 Å². The standard InChI is InChI=1S/C16H18BrNS2/c1-2-18-14(9-11-7-8-16(17)20-11)13-10-19-15-6-4-3-5-12(13)15/h3-8,13-14,18H,2,9-10H2,1H3. The molecule has 1 aromatic carbocycles. The smallest absolute Gasteiger partial charge is 0.0701 e. The van der Waals surface area contributed by atoms with Gasteiger partial charge in [0.1, 0.15) is 0 Å². The van der Waals surface area contributed by atoms with Crippen molar-refractivity contribution in [3.05, 3.63) is 50.6 Å². The van der Waals surface area contributed by atoms with Crippen molar-refractivity contribution in [2.75, 3.05) is 12.3 Å². The molecule has 0 fully saturated rings. The first-order valence-corrected chi connectivity index (χ1v) is 9.56. The van der Waals surface area contributed by atoms with Crippen LogP contribution in [0.4, 0.5) is 0 Å². The van der Waals surface area contributed by atoms with Gasteiger partial charge in [0.2, 0.25) is 0 Å². The molecule has 0 saturated heterocycles. The molecule has 0 spiro atoms. The maximum absolute atomic E-state index is 3.70. The van der Waals surface area contributed by atoms with Gasteiger partial charge in [-0.2, -0.15) is 0 Å². The Morgan fingerprint density at radius 1 is 1.30 bits per heavy atom. The first-order chi connectivity index (χ1) is 9.78. The number of hydrogen-bond acceptors (Lipinski definition) is 3. The Balaban J connectivity index is 1.81. The number of likely N-dealkylation sites (N-methyl/N-ethyl adjacent to an activating group) is 1. The van der Waals surface area contributed by atoms with Gasteiger partial charge < -0.3 is 5.32 Å². The largest absolute Gasteiger partial charge is 0.313 e. The summed E-state index contributed by atoms with van der Waals surface area (Å²) in [5.74, 6) is 1.82. The van der Waals surface area contributed by atoms with Gasteiger partial charge in [-0.25, -0.2) is 0 Å². The first kappa shape index (κ1) is 14.6. The summed E-state index contributed by atoms with van der Waals surface area (Å²) >= 11 is 7.42. The second kappa shape index (κ2) is 6.65. The predicted octanol–water partition coefficient (Wildman–Crippen LogP) is 4.92. The monoisotopic (exact) mass is 367 g/mol. The zero-order valence-corrected chi connectivity index (χ0v) is 14.7. The van der Waals surface area contributed by atoms with Gasteiger partial charge in [0.15, 0.2) is 0 Å². The zero-order chi connectivity index (χ0) is 13.9. The van der Waals surface area contributed by atoms with Crippen LogP contribution in [0.1, 0.15) is 23.3 Å². The molecule has 1 nitrogen and oxygen atoms in total. The Morgan fingerprint density at radius 3 is 2.90 bits per heavy atom. The molecule has 1 aliphatic rings. The third-order valence-electron chi connectivity index (χ3n) is 3.74. The van der Waals surface area contributed by atoms with Crippen LogP contribution >= 0.6 is 39.0 Å². The normalized spacial score (nSPS) is 19.0. The molecule has 2 heterocycles. The molecule has 1 aromatic heterocycles. The fourth-order valence-electron chi connectivity index (χ4n) is 2.82. The minimum Gasteiger partial charge on any atom is -0.313 e. The van der Waals surface area contributed by atoms with Crippen molar-refractivity contribution in [1.82, 2.24) is 5.32 Å². The van der Waals surface area contributed by atoms with Crippen LogP contribution in [0.15, 0.2) is 45.1 Å². The predicted molar refractivity (Wildman–Crippen MR) is 93.1 cm³/mol. The third-order valence-corrected chi connectivity index (χ3v) is 6.59. The summed E-state index contributed by atoms with van der Waals surface area (Å²) in [6.07, 6.45) is 1.11. The van der Waals surface area contributed by atoms with E-state index in [4.69, 9.17) is 0 Å². The van der Waals surface area contributed by atoms with E-state index in [1.807, 2.05) is 23.1 Å². The van der Waals surface area contributed by atoms with E-state index in [0.29, 0.717) is 12.0 Å². The molecule has 0 radical (unpaired) electrons. The lowest BCUT2D eigenvalue weighted by atomic mass is 9.91. The molecule has 20 heavy (non-hydrogen) atoms. The van der Waals surface area contributed by atoms with E-state index in [9.17, 15) is 0 Å². The van der Waals surface area contributed by atoms with E-state index in [0.717, 1.165) is 13.0 Å². The van der Waals surface area contributed by atoms with Gasteiger partial charge in [-0.15, -0.1) is 23.1 Å². The summed E-state index contributed by atoms with van der Waals surface area (Å²) in [6, 6.07) is 13.8. The van der Waals surface area contributed by atoms with Crippen molar-refractivity contribution in [2.24, 2.45) is 0 Å². The average molecular weight is 368 g/mol. The van der Waals surface area contributed by atoms with E-state index in [2.05, 4.69) is 64.6 Å². The fourth-order valence-corrected chi connectivity index (χ4v) is 5.69. The topological polar surface area (TPSA) is 12.0 Å². The molecule has 2 aromatic rings. The van der Waals surface area contributed by atoms with Crippen molar-refractivity contribution in [1.29, 1.82) is 0 Å². The number of halogens is 1. The van der Waals surface area contributed by atoms with E-state index in [1.54, 1.807) is 0 Å². The fraction of sp³-hybridized carbons (Fsp3) is 0.375. The molecule has 1 aliphatic heterocycles. The van der Waals surface area contributed by atoms with E-state index < -0.39 is 0 Å². The van der Waals surface area contributed by atoms with E-state index in [1.165, 1.54) is 24.9 Å². The molecule has 3 rings (SSSR count). The highest BCUT2D eigenvalue weighted by Gasteiger charge is 2.30. The van der Waals surface area contributed by atoms with Gasteiger partial charge in [-0.1, -0.05) is 25.1 Å². The highest BCUT2D eigenvalue weighted by molar-refractivity contribution is 9.11. The Hall–Kier alpha value is -0.290. The number of hydrogen-bond donors (Lipinski definition) is 1. The van der Waals surface area contributed by atoms with Crippen molar-refractivity contribution in [3.8, 4) is 0 Å². The maximum atomic E-state index is 3.70. The van der Waals surface area contributed by atoms with Gasteiger partial charge in [-0.3, -0.25) is 0 Å². The van der Waals surface area contributed by atoms with Crippen LogP contribution in [0.3, 0.4) is 0 Å². The number of nitrogens with one attached hydrogen (secondary N) is 1. The van der Waals surface area contributed by atoms with Crippen LogP contribution in [0.5, 0.6) is 0 Å². The van der Waals surface area contributed by atoms with Crippen LogP contribution in [-0.4, -0.2) is 18.3 Å². The van der Waals surface area contributed by atoms with Crippen LogP contribution < -0.4 is 5.32 Å². The van der Waals surface area contributed by atoms with Crippen molar-refractivity contribution >= 4 is 39.0 Å². The van der Waals surface area contributed by atoms with Crippen molar-refractivity contribution in [3.63, 3.8) is 0 Å². The maximum Gasteiger partial charge on any atom is 0.0701 e. The number of benzene rings is 1. The van der Waals surface area contributed by atoms with Crippen LogP contribution in [0.2, 0.25) is 0 Å². The van der Waals surface area contributed by atoms with Crippen molar-refractivity contribution in [2.45, 2.75) is 30.2 Å². The van der Waals surface area contributed by atoms with Gasteiger partial charge in [0.05, 0.1) is 3.79 Å². The third kappa shape index (κ3) is 3.14. The highest BCUT2D eigenvalue weighted by Crippen LogP contribution is 2.42. The molecule has 0 amide bonds. The Bertz CT molecular complexity index is 581. The molecule has 106 valence electrons. The van der Waals surface area contributed by atoms with Crippen LogP contribution in [0.25, 0.3) is 0 Å². The number of thioether (sulfide) groups is 1. The molecule has 4 heteroatoms. The van der Waals surface area contributed by atoms with Gasteiger partial charge in [0.25, 0.3) is 0 Å². The lowest BCUT2D eigenvalue weighted by Gasteiger charge is -2.24. The summed E-state index contributed by atoms with van der Waals surface area (Å²) in [5, 5.41) is 3.70. The Morgan fingerprint density at radius 2 is 2.15 bits per heavy atom. The number of fused-ring (bicyclic) bond motifs is 1. The second-order valence-corrected chi connectivity index (χ2v) is 8.64. The summed E-state index contributed by atoms with van der Waals surface area (Å²) in [7, 11) is 0. The summed E-state index contributed by atoms with van der Waals surface area (Å²) < 4.78 is 1.23. The summed E-state index contributed by atoms with van der Waals surface area (Å²) in [4.78, 5) is 2.92. The first-order valence-electron chi connectivity index (χ1n) is 6.97. The lowest BCUT2D eigenvalue weighted by Crippen LogP contribution is -2.36. The van der Waals surface area contributed by atoms with Gasteiger partial charge in [-0.05, 0) is 52.7 Å².